The van der Waals surface area contributed by atoms with E-state index in [1.165, 1.54) is 12.3 Å². The van der Waals surface area contributed by atoms with Crippen LogP contribution in [0.2, 0.25) is 0 Å². The molecule has 0 fully saturated rings. The third kappa shape index (κ3) is 4.75. The number of furan rings is 1. The molecule has 0 saturated carbocycles. The Morgan fingerprint density at radius 1 is 1.08 bits per heavy atom. The second kappa shape index (κ2) is 6.79. The van der Waals surface area contributed by atoms with E-state index in [2.05, 4.69) is 9.73 Å². The maximum atomic E-state index is 12.7. The van der Waals surface area contributed by atoms with Crippen LogP contribution in [-0.2, 0) is 23.7 Å². The molecule has 1 aromatic carbocycles. The Balaban J connectivity index is 2.19. The van der Waals surface area contributed by atoms with E-state index in [1.54, 1.807) is 0 Å². The first-order valence-corrected chi connectivity index (χ1v) is 6.74. The zero-order chi connectivity index (χ0) is 18.8. The van der Waals surface area contributed by atoms with E-state index >= 15 is 0 Å². The molecule has 1 atom stereocenters. The van der Waals surface area contributed by atoms with Gasteiger partial charge in [0, 0.05) is 12.1 Å². The quantitative estimate of drug-likeness (QED) is 0.811. The van der Waals surface area contributed by atoms with Gasteiger partial charge in [0.1, 0.15) is 0 Å². The largest absolute Gasteiger partial charge is 0.472 e. The molecule has 0 aliphatic heterocycles. The highest BCUT2D eigenvalue weighted by molar-refractivity contribution is 5.81. The van der Waals surface area contributed by atoms with Crippen LogP contribution in [0.15, 0.2) is 41.2 Å². The summed E-state index contributed by atoms with van der Waals surface area (Å²) < 4.78 is 81.1. The van der Waals surface area contributed by atoms with Crippen molar-refractivity contribution >= 4 is 5.91 Å². The lowest BCUT2D eigenvalue weighted by Crippen LogP contribution is -2.29. The summed E-state index contributed by atoms with van der Waals surface area (Å²) in [7, 11) is 0. The Morgan fingerprint density at radius 2 is 1.64 bits per heavy atom. The van der Waals surface area contributed by atoms with E-state index in [1.807, 2.05) is 0 Å². The number of nitrogens with one attached hydrogen (secondary N) is 1. The molecule has 1 amide bonds. The number of rotatable bonds is 4. The van der Waals surface area contributed by atoms with Crippen LogP contribution >= 0.6 is 0 Å². The molecule has 0 aliphatic rings. The van der Waals surface area contributed by atoms with Crippen molar-refractivity contribution in [3.8, 4) is 0 Å². The van der Waals surface area contributed by atoms with E-state index in [9.17, 15) is 36.2 Å². The molecule has 2 rings (SSSR count). The summed E-state index contributed by atoms with van der Waals surface area (Å²) in [6, 6.07) is 2.28. The summed E-state index contributed by atoms with van der Waals surface area (Å²) in [6.07, 6.45) is -9.34. The van der Waals surface area contributed by atoms with Gasteiger partial charge in [0.15, 0.2) is 6.10 Å². The predicted molar refractivity (Wildman–Crippen MR) is 72.0 cm³/mol. The highest BCUT2D eigenvalue weighted by Gasteiger charge is 2.36. The normalized spacial score (nSPS) is 13.6. The van der Waals surface area contributed by atoms with Crippen LogP contribution in [0.1, 0.15) is 28.4 Å². The van der Waals surface area contributed by atoms with E-state index in [0.29, 0.717) is 12.1 Å². The number of benzene rings is 1. The van der Waals surface area contributed by atoms with Crippen LogP contribution in [0.3, 0.4) is 0 Å². The van der Waals surface area contributed by atoms with Crippen LogP contribution in [-0.4, -0.2) is 11.0 Å². The minimum absolute atomic E-state index is 0.00829. The molecule has 10 heteroatoms. The number of carbonyl (C=O) groups excluding carboxylic acids is 1. The Kier molecular flexibility index (Phi) is 5.12. The summed E-state index contributed by atoms with van der Waals surface area (Å²) in [4.78, 5) is 11.7. The minimum Gasteiger partial charge on any atom is -0.472 e. The van der Waals surface area contributed by atoms with Gasteiger partial charge in [-0.2, -0.15) is 26.3 Å². The van der Waals surface area contributed by atoms with Crippen molar-refractivity contribution in [1.29, 1.82) is 0 Å². The summed E-state index contributed by atoms with van der Waals surface area (Å²) in [5, 5.41) is 11.8. The maximum absolute atomic E-state index is 12.7. The minimum atomic E-state index is -4.98. The van der Waals surface area contributed by atoms with Crippen molar-refractivity contribution in [3.05, 3.63) is 59.0 Å². The molecule has 4 nitrogen and oxygen atoms in total. The van der Waals surface area contributed by atoms with Crippen molar-refractivity contribution in [1.82, 2.24) is 5.32 Å². The third-order valence-corrected chi connectivity index (χ3v) is 3.22. The van der Waals surface area contributed by atoms with Crippen LogP contribution in [0.4, 0.5) is 26.3 Å². The average Bonchev–Trinajstić information content (AvgIpc) is 3.04. The zero-order valence-electron chi connectivity index (χ0n) is 12.3. The number of amides is 1. The molecule has 1 unspecified atom stereocenters. The van der Waals surface area contributed by atoms with Crippen molar-refractivity contribution in [3.63, 3.8) is 0 Å². The first-order chi connectivity index (χ1) is 11.5. The topological polar surface area (TPSA) is 62.5 Å². The fraction of sp³-hybridized carbons (Fsp3) is 0.267. The van der Waals surface area contributed by atoms with Gasteiger partial charge in [-0.3, -0.25) is 4.79 Å². The number of hydrogen-bond acceptors (Lipinski definition) is 3. The van der Waals surface area contributed by atoms with Crippen molar-refractivity contribution < 1.29 is 40.7 Å². The first-order valence-electron chi connectivity index (χ1n) is 6.74. The van der Waals surface area contributed by atoms with Gasteiger partial charge < -0.3 is 14.8 Å². The van der Waals surface area contributed by atoms with Gasteiger partial charge in [-0.05, 0) is 29.8 Å². The van der Waals surface area contributed by atoms with Crippen molar-refractivity contribution in [2.45, 2.75) is 25.0 Å². The molecule has 0 radical (unpaired) electrons. The van der Waals surface area contributed by atoms with Gasteiger partial charge in [0.25, 0.3) is 5.91 Å². The summed E-state index contributed by atoms with van der Waals surface area (Å²) in [6.45, 7) is -0.624. The lowest BCUT2D eigenvalue weighted by Gasteiger charge is -2.15. The van der Waals surface area contributed by atoms with E-state index in [4.69, 9.17) is 0 Å². The molecule has 0 saturated heterocycles. The van der Waals surface area contributed by atoms with Crippen molar-refractivity contribution in [2.75, 3.05) is 0 Å². The number of aliphatic hydroxyl groups excluding tert-OH is 1. The van der Waals surface area contributed by atoms with Gasteiger partial charge in [0.2, 0.25) is 0 Å². The standard InChI is InChI=1S/C15H11F6NO3/c16-14(17,18)10-3-8(4-11(5-10)15(19,20)21)6-22-13(24)12(23)9-1-2-25-7-9/h1-5,7,12,23H,6H2,(H,22,24). The second-order valence-corrected chi connectivity index (χ2v) is 5.09. The number of aliphatic hydroxyl groups is 1. The monoisotopic (exact) mass is 367 g/mol. The fourth-order valence-corrected chi connectivity index (χ4v) is 1.99. The smallest absolute Gasteiger partial charge is 0.416 e. The molecule has 1 heterocycles. The highest BCUT2D eigenvalue weighted by atomic mass is 19.4. The Hall–Kier alpha value is -2.49. The maximum Gasteiger partial charge on any atom is 0.416 e. The Labute approximate surface area is 137 Å². The lowest BCUT2D eigenvalue weighted by molar-refractivity contribution is -0.143. The average molecular weight is 367 g/mol. The number of alkyl halides is 6. The molecule has 0 spiro atoms. The number of halogens is 6. The second-order valence-electron chi connectivity index (χ2n) is 5.09. The SMILES string of the molecule is O=C(NCc1cc(C(F)(F)F)cc(C(F)(F)F)c1)C(O)c1ccoc1. The molecule has 1 aromatic heterocycles. The van der Waals surface area contributed by atoms with E-state index < -0.39 is 47.6 Å². The number of carbonyl (C=O) groups is 1. The molecule has 25 heavy (non-hydrogen) atoms. The van der Waals surface area contributed by atoms with E-state index in [0.717, 1.165) is 6.26 Å². The first kappa shape index (κ1) is 18.8. The van der Waals surface area contributed by atoms with Crippen LogP contribution in [0, 0.1) is 0 Å². The predicted octanol–water partition coefficient (Wildman–Crippen LogP) is 3.67. The van der Waals surface area contributed by atoms with Gasteiger partial charge >= 0.3 is 12.4 Å². The van der Waals surface area contributed by atoms with Crippen molar-refractivity contribution in [2.24, 2.45) is 0 Å². The molecule has 0 bridgehead atoms. The van der Waals surface area contributed by atoms with Crippen LogP contribution in [0.5, 0.6) is 0 Å². The Bertz CT molecular complexity index is 704. The van der Waals surface area contributed by atoms with Crippen LogP contribution in [0.25, 0.3) is 0 Å². The van der Waals surface area contributed by atoms with Gasteiger partial charge in [-0.25, -0.2) is 0 Å². The Morgan fingerprint density at radius 3 is 2.08 bits per heavy atom. The summed E-state index contributed by atoms with van der Waals surface area (Å²) >= 11 is 0. The van der Waals surface area contributed by atoms with Gasteiger partial charge in [0.05, 0.1) is 23.7 Å². The van der Waals surface area contributed by atoms with Crippen LogP contribution < -0.4 is 5.32 Å². The molecular weight excluding hydrogens is 356 g/mol. The van der Waals surface area contributed by atoms with Gasteiger partial charge in [-0.1, -0.05) is 0 Å². The summed E-state index contributed by atoms with van der Waals surface area (Å²) in [5.74, 6) is -0.993. The highest BCUT2D eigenvalue weighted by Crippen LogP contribution is 2.36. The zero-order valence-corrected chi connectivity index (χ0v) is 12.3. The van der Waals surface area contributed by atoms with E-state index in [-0.39, 0.29) is 11.6 Å². The molecular formula is C15H11F6NO3. The fourth-order valence-electron chi connectivity index (χ4n) is 1.99. The van der Waals surface area contributed by atoms with Gasteiger partial charge in [-0.15, -0.1) is 0 Å². The molecule has 2 aromatic rings. The molecule has 136 valence electrons. The summed E-state index contributed by atoms with van der Waals surface area (Å²) in [5.41, 5.74) is -3.28. The molecule has 2 N–H and O–H groups in total. The lowest BCUT2D eigenvalue weighted by atomic mass is 10.0. The molecule has 0 aliphatic carbocycles. The number of hydrogen-bond donors (Lipinski definition) is 2. The third-order valence-electron chi connectivity index (χ3n) is 3.22.